The summed E-state index contributed by atoms with van der Waals surface area (Å²) in [5.41, 5.74) is 1.90. The van der Waals surface area contributed by atoms with E-state index in [2.05, 4.69) is 9.97 Å². The van der Waals surface area contributed by atoms with Crippen molar-refractivity contribution in [3.8, 4) is 11.4 Å². The van der Waals surface area contributed by atoms with Gasteiger partial charge in [-0.3, -0.25) is 4.79 Å². The topological polar surface area (TPSA) is 68.9 Å². The zero-order chi connectivity index (χ0) is 23.7. The van der Waals surface area contributed by atoms with Crippen molar-refractivity contribution in [3.63, 3.8) is 0 Å². The van der Waals surface area contributed by atoms with Gasteiger partial charge in [-0.15, -0.1) is 0 Å². The molecule has 3 rings (SSSR count). The van der Waals surface area contributed by atoms with Gasteiger partial charge in [0.15, 0.2) is 5.82 Å². The average molecular weight is 455 g/mol. The van der Waals surface area contributed by atoms with Gasteiger partial charge in [0.05, 0.1) is 16.8 Å². The molecule has 166 valence electrons. The number of rotatable bonds is 4. The Kier molecular flexibility index (Phi) is 6.02. The molecule has 32 heavy (non-hydrogen) atoms. The molecular weight excluding hydrogens is 443 g/mol. The quantitative estimate of drug-likeness (QED) is 0.426. The van der Waals surface area contributed by atoms with E-state index in [1.807, 2.05) is 0 Å². The minimum atomic E-state index is -5.03. The molecule has 1 aromatic heterocycles. The van der Waals surface area contributed by atoms with E-state index in [9.17, 15) is 35.5 Å². The van der Waals surface area contributed by atoms with Gasteiger partial charge < -0.3 is 5.73 Å². The summed E-state index contributed by atoms with van der Waals surface area (Å²) in [7, 11) is 0. The number of nitrogens with two attached hydrogens (primary N) is 1. The predicted molar refractivity (Wildman–Crippen MR) is 101 cm³/mol. The van der Waals surface area contributed by atoms with Crippen molar-refractivity contribution in [2.24, 2.45) is 5.73 Å². The lowest BCUT2D eigenvalue weighted by Crippen LogP contribution is -2.13. The minimum absolute atomic E-state index is 0.00696. The van der Waals surface area contributed by atoms with Crippen LogP contribution in [0, 0.1) is 5.82 Å². The number of amides is 1. The van der Waals surface area contributed by atoms with Crippen LogP contribution in [-0.4, -0.2) is 15.9 Å². The number of hydrogen-bond donors (Lipinski definition) is 1. The molecule has 0 radical (unpaired) electrons. The highest BCUT2D eigenvalue weighted by atomic mass is 19.4. The molecule has 0 saturated carbocycles. The van der Waals surface area contributed by atoms with Crippen LogP contribution in [0.2, 0.25) is 0 Å². The maximum atomic E-state index is 13.1. The molecular formula is C21H12F7N3O. The van der Waals surface area contributed by atoms with Gasteiger partial charge in [-0.05, 0) is 48.0 Å². The van der Waals surface area contributed by atoms with Crippen molar-refractivity contribution in [2.75, 3.05) is 0 Å². The molecule has 0 bridgehead atoms. The summed E-state index contributed by atoms with van der Waals surface area (Å²) < 4.78 is 91.8. The van der Waals surface area contributed by atoms with E-state index >= 15 is 0 Å². The molecule has 0 saturated heterocycles. The van der Waals surface area contributed by atoms with Crippen LogP contribution in [0.5, 0.6) is 0 Å². The average Bonchev–Trinajstić information content (AvgIpc) is 2.71. The van der Waals surface area contributed by atoms with Gasteiger partial charge in [0.25, 0.3) is 0 Å². The molecule has 0 aliphatic rings. The number of alkyl halides is 6. The molecule has 2 N–H and O–H groups in total. The second kappa shape index (κ2) is 8.40. The van der Waals surface area contributed by atoms with Gasteiger partial charge >= 0.3 is 12.4 Å². The monoisotopic (exact) mass is 455 g/mol. The van der Waals surface area contributed by atoms with Gasteiger partial charge in [0, 0.05) is 17.3 Å². The number of carbonyl (C=O) groups excluding carboxylic acids is 1. The van der Waals surface area contributed by atoms with Gasteiger partial charge in [0.1, 0.15) is 5.82 Å². The summed E-state index contributed by atoms with van der Waals surface area (Å²) in [6.45, 7) is 0. The van der Waals surface area contributed by atoms with Crippen LogP contribution < -0.4 is 5.73 Å². The zero-order valence-corrected chi connectivity index (χ0v) is 15.8. The first kappa shape index (κ1) is 22.9. The summed E-state index contributed by atoms with van der Waals surface area (Å²) in [6, 6.07) is 6.96. The maximum absolute atomic E-state index is 13.1. The van der Waals surface area contributed by atoms with E-state index in [-0.39, 0.29) is 22.9 Å². The molecule has 11 heteroatoms. The standard InChI is InChI=1S/C21H12F7N3O/c22-15-3-1-11(2-4-15)17(18(29)32)10-16-5-6-30-19(31-16)12-7-13(20(23,24)25)9-14(8-12)21(26,27)28/h1-10H,(H2,29,32)/b17-10+. The van der Waals surface area contributed by atoms with Crippen molar-refractivity contribution in [1.82, 2.24) is 9.97 Å². The normalized spacial score (nSPS) is 12.7. The van der Waals surface area contributed by atoms with Crippen LogP contribution in [0.1, 0.15) is 22.4 Å². The summed E-state index contributed by atoms with van der Waals surface area (Å²) in [5.74, 6) is -1.90. The zero-order valence-electron chi connectivity index (χ0n) is 15.8. The molecule has 0 aliphatic heterocycles. The van der Waals surface area contributed by atoms with E-state index in [1.54, 1.807) is 0 Å². The van der Waals surface area contributed by atoms with Crippen LogP contribution in [0.3, 0.4) is 0 Å². The lowest BCUT2D eigenvalue weighted by Gasteiger charge is -2.14. The summed E-state index contributed by atoms with van der Waals surface area (Å²) >= 11 is 0. The highest BCUT2D eigenvalue weighted by molar-refractivity contribution is 6.23. The van der Waals surface area contributed by atoms with Crippen molar-refractivity contribution in [3.05, 3.63) is 82.9 Å². The van der Waals surface area contributed by atoms with Crippen LogP contribution in [0.15, 0.2) is 54.7 Å². The number of hydrogen-bond acceptors (Lipinski definition) is 3. The number of benzene rings is 2. The molecule has 0 fully saturated rings. The molecule has 0 unspecified atom stereocenters. The Morgan fingerprint density at radius 2 is 1.44 bits per heavy atom. The van der Waals surface area contributed by atoms with Crippen molar-refractivity contribution < 1.29 is 35.5 Å². The number of aromatic nitrogens is 2. The van der Waals surface area contributed by atoms with E-state index in [0.29, 0.717) is 12.1 Å². The molecule has 0 atom stereocenters. The third-order valence-corrected chi connectivity index (χ3v) is 4.24. The highest BCUT2D eigenvalue weighted by Gasteiger charge is 2.37. The Labute approximate surface area is 176 Å². The van der Waals surface area contributed by atoms with Crippen molar-refractivity contribution >= 4 is 17.6 Å². The number of nitrogens with zero attached hydrogens (tertiary/aromatic N) is 2. The molecule has 1 heterocycles. The molecule has 2 aromatic carbocycles. The Bertz CT molecular complexity index is 1150. The van der Waals surface area contributed by atoms with Gasteiger partial charge in [-0.2, -0.15) is 26.3 Å². The van der Waals surface area contributed by atoms with E-state index < -0.39 is 46.6 Å². The third-order valence-electron chi connectivity index (χ3n) is 4.24. The molecule has 0 spiro atoms. The fourth-order valence-corrected chi connectivity index (χ4v) is 2.75. The molecule has 0 aliphatic carbocycles. The fourth-order valence-electron chi connectivity index (χ4n) is 2.75. The van der Waals surface area contributed by atoms with E-state index in [1.165, 1.54) is 24.3 Å². The van der Waals surface area contributed by atoms with Crippen molar-refractivity contribution in [1.29, 1.82) is 0 Å². The molecule has 4 nitrogen and oxygen atoms in total. The Balaban J connectivity index is 2.12. The first-order valence-electron chi connectivity index (χ1n) is 8.75. The third kappa shape index (κ3) is 5.29. The second-order valence-electron chi connectivity index (χ2n) is 6.53. The van der Waals surface area contributed by atoms with E-state index in [0.717, 1.165) is 18.3 Å². The van der Waals surface area contributed by atoms with Crippen molar-refractivity contribution in [2.45, 2.75) is 12.4 Å². The summed E-state index contributed by atoms with van der Waals surface area (Å²) in [6.07, 6.45) is -7.80. The number of halogens is 7. The SMILES string of the molecule is NC(=O)/C(=C/c1ccnc(-c2cc(C(F)(F)F)cc(C(F)(F)F)c2)n1)c1ccc(F)cc1. The minimum Gasteiger partial charge on any atom is -0.366 e. The predicted octanol–water partition coefficient (Wildman–Crippen LogP) is 5.35. The first-order chi connectivity index (χ1) is 14.8. The fraction of sp³-hybridized carbons (Fsp3) is 0.0952. The lowest BCUT2D eigenvalue weighted by atomic mass is 10.0. The summed E-state index contributed by atoms with van der Waals surface area (Å²) in [4.78, 5) is 19.5. The number of primary amides is 1. The van der Waals surface area contributed by atoms with Gasteiger partial charge in [0.2, 0.25) is 5.91 Å². The Hall–Kier alpha value is -3.76. The van der Waals surface area contributed by atoms with E-state index in [4.69, 9.17) is 5.73 Å². The number of carbonyl (C=O) groups is 1. The lowest BCUT2D eigenvalue weighted by molar-refractivity contribution is -0.143. The Morgan fingerprint density at radius 1 is 0.875 bits per heavy atom. The molecule has 1 amide bonds. The maximum Gasteiger partial charge on any atom is 0.416 e. The highest BCUT2D eigenvalue weighted by Crippen LogP contribution is 2.38. The molecule has 3 aromatic rings. The van der Waals surface area contributed by atoms with Gasteiger partial charge in [-0.25, -0.2) is 14.4 Å². The second-order valence-corrected chi connectivity index (χ2v) is 6.53. The van der Waals surface area contributed by atoms with Gasteiger partial charge in [-0.1, -0.05) is 12.1 Å². The summed E-state index contributed by atoms with van der Waals surface area (Å²) in [5, 5.41) is 0. The first-order valence-corrected chi connectivity index (χ1v) is 8.75. The Morgan fingerprint density at radius 3 is 1.94 bits per heavy atom. The van der Waals surface area contributed by atoms with Crippen LogP contribution >= 0.6 is 0 Å². The smallest absolute Gasteiger partial charge is 0.366 e. The van der Waals surface area contributed by atoms with Crippen LogP contribution in [0.4, 0.5) is 30.7 Å². The van der Waals surface area contributed by atoms with Crippen LogP contribution in [0.25, 0.3) is 23.0 Å². The largest absolute Gasteiger partial charge is 0.416 e. The van der Waals surface area contributed by atoms with Crippen LogP contribution in [-0.2, 0) is 17.1 Å².